The average Bonchev–Trinajstić information content (AvgIpc) is 2.60. The lowest BCUT2D eigenvalue weighted by molar-refractivity contribution is -0.384. The average molecular weight is 338 g/mol. The molecule has 24 heavy (non-hydrogen) atoms. The molecule has 0 fully saturated rings. The first-order valence-corrected chi connectivity index (χ1v) is 7.57. The summed E-state index contributed by atoms with van der Waals surface area (Å²) >= 11 is 5.77. The molecule has 0 N–H and O–H groups in total. The largest absolute Gasteiger partial charge is 0.289 e. The van der Waals surface area contributed by atoms with Crippen molar-refractivity contribution in [3.63, 3.8) is 0 Å². The first-order valence-electron chi connectivity index (χ1n) is 7.20. The van der Waals surface area contributed by atoms with E-state index >= 15 is 0 Å². The number of hydrogen-bond donors (Lipinski definition) is 0. The number of nitro benzene ring substituents is 1. The van der Waals surface area contributed by atoms with Gasteiger partial charge in [-0.1, -0.05) is 60.1 Å². The molecule has 0 atom stereocenters. The maximum absolute atomic E-state index is 12.3. The van der Waals surface area contributed by atoms with Gasteiger partial charge in [0.15, 0.2) is 5.78 Å². The van der Waals surface area contributed by atoms with Crippen LogP contribution in [0.15, 0.2) is 66.7 Å². The highest BCUT2D eigenvalue weighted by atomic mass is 35.5. The summed E-state index contributed by atoms with van der Waals surface area (Å²) in [6, 6.07) is 17.7. The van der Waals surface area contributed by atoms with Gasteiger partial charge >= 0.3 is 0 Å². The number of halogens is 1. The fraction of sp³-hybridized carbons (Fsp3) is 0. The third kappa shape index (κ3) is 3.34. The quantitative estimate of drug-likeness (QED) is 0.281. The summed E-state index contributed by atoms with van der Waals surface area (Å²) in [5.41, 5.74) is 0.922. The molecule has 0 saturated heterocycles. The van der Waals surface area contributed by atoms with Crippen LogP contribution in [0.3, 0.4) is 0 Å². The molecule has 0 aliphatic heterocycles. The van der Waals surface area contributed by atoms with Gasteiger partial charge in [0, 0.05) is 11.6 Å². The highest BCUT2D eigenvalue weighted by Gasteiger charge is 2.12. The van der Waals surface area contributed by atoms with Crippen molar-refractivity contribution >= 4 is 39.9 Å². The molecule has 0 saturated carbocycles. The molecule has 3 aromatic carbocycles. The number of carbonyl (C=O) groups is 1. The molecule has 3 aromatic rings. The SMILES string of the molecule is O=C(/C=C/c1ccc(Cl)c([N+](=O)[O-])c1)c1ccc2ccccc2c1. The zero-order chi connectivity index (χ0) is 17.1. The monoisotopic (exact) mass is 337 g/mol. The van der Waals surface area contributed by atoms with Crippen LogP contribution in [0.5, 0.6) is 0 Å². The predicted octanol–water partition coefficient (Wildman–Crippen LogP) is 5.30. The van der Waals surface area contributed by atoms with Gasteiger partial charge in [0.25, 0.3) is 5.69 Å². The van der Waals surface area contributed by atoms with Crippen LogP contribution < -0.4 is 0 Å². The van der Waals surface area contributed by atoms with Crippen molar-refractivity contribution in [2.75, 3.05) is 0 Å². The first-order chi connectivity index (χ1) is 11.5. The number of benzene rings is 3. The standard InChI is InChI=1S/C19H12ClNO3/c20-17-9-5-13(11-18(17)21(23)24)6-10-19(22)16-8-7-14-3-1-2-4-15(14)12-16/h1-12H/b10-6+. The number of hydrogen-bond acceptors (Lipinski definition) is 3. The Morgan fingerprint density at radius 2 is 1.75 bits per heavy atom. The molecule has 0 unspecified atom stereocenters. The maximum Gasteiger partial charge on any atom is 0.288 e. The van der Waals surface area contributed by atoms with Crippen LogP contribution in [0.2, 0.25) is 5.02 Å². The molecule has 0 radical (unpaired) electrons. The molecule has 0 aliphatic carbocycles. The van der Waals surface area contributed by atoms with Gasteiger partial charge in [-0.15, -0.1) is 0 Å². The Hall–Kier alpha value is -2.98. The van der Waals surface area contributed by atoms with Gasteiger partial charge in [-0.2, -0.15) is 0 Å². The molecule has 118 valence electrons. The highest BCUT2D eigenvalue weighted by Crippen LogP contribution is 2.25. The lowest BCUT2D eigenvalue weighted by Gasteiger charge is -2.01. The first kappa shape index (κ1) is 15.9. The second-order valence-corrected chi connectivity index (χ2v) is 5.63. The molecule has 0 aliphatic rings. The Morgan fingerprint density at radius 1 is 1.00 bits per heavy atom. The Balaban J connectivity index is 1.86. The molecule has 0 heterocycles. The van der Waals surface area contributed by atoms with Gasteiger partial charge in [0.2, 0.25) is 0 Å². The minimum Gasteiger partial charge on any atom is -0.289 e. The summed E-state index contributed by atoms with van der Waals surface area (Å²) in [7, 11) is 0. The van der Waals surface area contributed by atoms with E-state index in [4.69, 9.17) is 11.6 Å². The predicted molar refractivity (Wildman–Crippen MR) is 95.4 cm³/mol. The summed E-state index contributed by atoms with van der Waals surface area (Å²) in [4.78, 5) is 22.6. The van der Waals surface area contributed by atoms with Crippen LogP contribution in [0.25, 0.3) is 16.8 Å². The zero-order valence-corrected chi connectivity index (χ0v) is 13.2. The third-order valence-electron chi connectivity index (χ3n) is 3.63. The molecule has 0 bridgehead atoms. The molecule has 5 heteroatoms. The lowest BCUT2D eigenvalue weighted by atomic mass is 10.0. The fourth-order valence-corrected chi connectivity index (χ4v) is 2.57. The number of nitrogens with zero attached hydrogens (tertiary/aromatic N) is 1. The van der Waals surface area contributed by atoms with Crippen molar-refractivity contribution in [3.8, 4) is 0 Å². The summed E-state index contributed by atoms with van der Waals surface area (Å²) in [6.45, 7) is 0. The van der Waals surface area contributed by atoms with Gasteiger partial charge in [-0.05, 0) is 34.5 Å². The van der Waals surface area contributed by atoms with Gasteiger partial charge in [0.1, 0.15) is 5.02 Å². The van der Waals surface area contributed by atoms with E-state index in [-0.39, 0.29) is 16.5 Å². The van der Waals surface area contributed by atoms with E-state index in [1.807, 2.05) is 36.4 Å². The number of ketones is 1. The van der Waals surface area contributed by atoms with E-state index in [9.17, 15) is 14.9 Å². The maximum atomic E-state index is 12.3. The van der Waals surface area contributed by atoms with Crippen molar-refractivity contribution in [2.45, 2.75) is 0 Å². The molecular weight excluding hydrogens is 326 g/mol. The summed E-state index contributed by atoms with van der Waals surface area (Å²) < 4.78 is 0. The van der Waals surface area contributed by atoms with Crippen molar-refractivity contribution in [1.29, 1.82) is 0 Å². The van der Waals surface area contributed by atoms with E-state index in [2.05, 4.69) is 0 Å². The Kier molecular flexibility index (Phi) is 4.40. The van der Waals surface area contributed by atoms with Crippen LogP contribution in [-0.2, 0) is 0 Å². The second-order valence-electron chi connectivity index (χ2n) is 5.23. The van der Waals surface area contributed by atoms with Gasteiger partial charge in [-0.25, -0.2) is 0 Å². The van der Waals surface area contributed by atoms with E-state index in [0.717, 1.165) is 10.8 Å². The van der Waals surface area contributed by atoms with E-state index in [1.54, 1.807) is 18.2 Å². The van der Waals surface area contributed by atoms with Gasteiger partial charge in [0.05, 0.1) is 4.92 Å². The van der Waals surface area contributed by atoms with Crippen LogP contribution in [0, 0.1) is 10.1 Å². The fourth-order valence-electron chi connectivity index (χ4n) is 2.38. The van der Waals surface area contributed by atoms with E-state index < -0.39 is 4.92 Å². The normalized spacial score (nSPS) is 11.0. The molecule has 0 amide bonds. The van der Waals surface area contributed by atoms with Crippen LogP contribution in [0.4, 0.5) is 5.69 Å². The van der Waals surface area contributed by atoms with Crippen molar-refractivity contribution in [1.82, 2.24) is 0 Å². The molecular formula is C19H12ClNO3. The number of nitro groups is 1. The molecule has 0 aromatic heterocycles. The number of allylic oxidation sites excluding steroid dienone is 1. The molecule has 0 spiro atoms. The minimum absolute atomic E-state index is 0.0676. The Morgan fingerprint density at radius 3 is 2.50 bits per heavy atom. The third-order valence-corrected chi connectivity index (χ3v) is 3.95. The molecule has 4 nitrogen and oxygen atoms in total. The highest BCUT2D eigenvalue weighted by molar-refractivity contribution is 6.32. The molecule has 3 rings (SSSR count). The summed E-state index contributed by atoms with van der Waals surface area (Å²) in [5, 5.41) is 13.0. The van der Waals surface area contributed by atoms with E-state index in [0.29, 0.717) is 11.1 Å². The Bertz CT molecular complexity index is 979. The van der Waals surface area contributed by atoms with Gasteiger partial charge in [-0.3, -0.25) is 14.9 Å². The minimum atomic E-state index is -0.551. The second kappa shape index (κ2) is 6.64. The van der Waals surface area contributed by atoms with Crippen molar-refractivity contribution < 1.29 is 9.72 Å². The number of carbonyl (C=O) groups excluding carboxylic acids is 1. The van der Waals surface area contributed by atoms with Crippen LogP contribution in [0.1, 0.15) is 15.9 Å². The smallest absolute Gasteiger partial charge is 0.288 e. The van der Waals surface area contributed by atoms with Crippen LogP contribution in [-0.4, -0.2) is 10.7 Å². The topological polar surface area (TPSA) is 60.2 Å². The lowest BCUT2D eigenvalue weighted by Crippen LogP contribution is -1.94. The van der Waals surface area contributed by atoms with Crippen molar-refractivity contribution in [3.05, 3.63) is 93.0 Å². The summed E-state index contributed by atoms with van der Waals surface area (Å²) in [5.74, 6) is -0.168. The zero-order valence-electron chi connectivity index (χ0n) is 12.5. The van der Waals surface area contributed by atoms with Crippen molar-refractivity contribution in [2.24, 2.45) is 0 Å². The van der Waals surface area contributed by atoms with Gasteiger partial charge < -0.3 is 0 Å². The summed E-state index contributed by atoms with van der Waals surface area (Å²) in [6.07, 6.45) is 2.94. The van der Waals surface area contributed by atoms with Crippen LogP contribution >= 0.6 is 11.6 Å². The number of rotatable bonds is 4. The number of fused-ring (bicyclic) bond motifs is 1. The van der Waals surface area contributed by atoms with E-state index in [1.165, 1.54) is 18.2 Å². The Labute approximate surface area is 143 Å².